The first-order valence-electron chi connectivity index (χ1n) is 8.14. The number of likely N-dealkylation sites (tertiary alicyclic amines) is 1. The van der Waals surface area contributed by atoms with Gasteiger partial charge in [-0.15, -0.1) is 0 Å². The number of carboxylic acids is 1. The van der Waals surface area contributed by atoms with E-state index in [1.165, 1.54) is 11.1 Å². The third-order valence-electron chi connectivity index (χ3n) is 4.75. The Labute approximate surface area is 137 Å². The summed E-state index contributed by atoms with van der Waals surface area (Å²) in [7, 11) is 0. The molecule has 2 N–H and O–H groups in total. The molecule has 1 aromatic carbocycles. The van der Waals surface area contributed by atoms with Crippen molar-refractivity contribution in [3.05, 3.63) is 34.9 Å². The van der Waals surface area contributed by atoms with Gasteiger partial charge in [0.1, 0.15) is 0 Å². The molecule has 1 saturated heterocycles. The monoisotopic (exact) mass is 318 g/mol. The van der Waals surface area contributed by atoms with E-state index in [9.17, 15) is 14.7 Å². The van der Waals surface area contributed by atoms with E-state index in [0.717, 1.165) is 5.56 Å². The van der Waals surface area contributed by atoms with Gasteiger partial charge in [-0.3, -0.25) is 4.79 Å². The summed E-state index contributed by atoms with van der Waals surface area (Å²) in [5.41, 5.74) is 3.47. The van der Waals surface area contributed by atoms with Crippen molar-refractivity contribution in [2.24, 2.45) is 11.8 Å². The molecule has 1 heterocycles. The van der Waals surface area contributed by atoms with Crippen LogP contribution in [0.25, 0.3) is 0 Å². The Kier molecular flexibility index (Phi) is 5.29. The van der Waals surface area contributed by atoms with Crippen LogP contribution in [-0.4, -0.2) is 35.1 Å². The highest BCUT2D eigenvalue weighted by Gasteiger charge is 2.32. The summed E-state index contributed by atoms with van der Waals surface area (Å²) in [6.07, 6.45) is 0.631. The zero-order chi connectivity index (χ0) is 17.1. The average molecular weight is 318 g/mol. The number of aryl methyl sites for hydroxylation is 1. The number of carbonyl (C=O) groups excluding carboxylic acids is 1. The van der Waals surface area contributed by atoms with Crippen LogP contribution in [0.15, 0.2) is 18.2 Å². The van der Waals surface area contributed by atoms with Gasteiger partial charge in [0, 0.05) is 13.1 Å². The van der Waals surface area contributed by atoms with E-state index in [-0.39, 0.29) is 24.5 Å². The van der Waals surface area contributed by atoms with Gasteiger partial charge in [-0.05, 0) is 49.8 Å². The standard InChI is InChI=1S/C18H26N2O3/c1-11-8-15(17(21)22)10-20(9-11)18(23)19-14(4)16-7-5-6-12(2)13(16)3/h5-7,11,14-15H,8-10H2,1-4H3,(H,19,23)(H,21,22). The molecule has 0 saturated carbocycles. The first-order valence-corrected chi connectivity index (χ1v) is 8.14. The summed E-state index contributed by atoms with van der Waals surface area (Å²) in [5.74, 6) is -1.09. The summed E-state index contributed by atoms with van der Waals surface area (Å²) in [6, 6.07) is 5.77. The second-order valence-electron chi connectivity index (χ2n) is 6.74. The van der Waals surface area contributed by atoms with Crippen molar-refractivity contribution in [1.82, 2.24) is 10.2 Å². The summed E-state index contributed by atoms with van der Waals surface area (Å²) >= 11 is 0. The minimum atomic E-state index is -0.822. The number of nitrogens with zero attached hydrogens (tertiary/aromatic N) is 1. The number of amides is 2. The van der Waals surface area contributed by atoms with Gasteiger partial charge in [0.2, 0.25) is 0 Å². The molecule has 0 spiro atoms. The Morgan fingerprint density at radius 3 is 2.65 bits per heavy atom. The minimum absolute atomic E-state index is 0.108. The molecule has 2 rings (SSSR count). The summed E-state index contributed by atoms with van der Waals surface area (Å²) in [4.78, 5) is 25.4. The number of rotatable bonds is 3. The van der Waals surface area contributed by atoms with Crippen LogP contribution in [0.1, 0.15) is 43.0 Å². The van der Waals surface area contributed by atoms with E-state index in [1.54, 1.807) is 4.90 Å². The molecule has 1 aliphatic heterocycles. The molecule has 3 atom stereocenters. The molecule has 2 amide bonds. The smallest absolute Gasteiger partial charge is 0.317 e. The molecule has 5 heteroatoms. The van der Waals surface area contributed by atoms with Crippen LogP contribution in [0.5, 0.6) is 0 Å². The molecule has 1 aromatic rings. The van der Waals surface area contributed by atoms with Crippen LogP contribution < -0.4 is 5.32 Å². The molecular formula is C18H26N2O3. The van der Waals surface area contributed by atoms with Crippen LogP contribution >= 0.6 is 0 Å². The topological polar surface area (TPSA) is 69.6 Å². The van der Waals surface area contributed by atoms with Crippen LogP contribution in [-0.2, 0) is 4.79 Å². The first kappa shape index (κ1) is 17.3. The van der Waals surface area contributed by atoms with Crippen molar-refractivity contribution in [2.45, 2.75) is 40.2 Å². The second kappa shape index (κ2) is 7.02. The molecule has 0 aliphatic carbocycles. The zero-order valence-corrected chi connectivity index (χ0v) is 14.3. The van der Waals surface area contributed by atoms with Crippen LogP contribution in [0.2, 0.25) is 0 Å². The first-order chi connectivity index (χ1) is 10.8. The lowest BCUT2D eigenvalue weighted by Gasteiger charge is -2.35. The maximum Gasteiger partial charge on any atom is 0.317 e. The number of piperidine rings is 1. The van der Waals surface area contributed by atoms with E-state index in [0.29, 0.717) is 13.0 Å². The van der Waals surface area contributed by atoms with E-state index < -0.39 is 11.9 Å². The molecule has 0 radical (unpaired) electrons. The van der Waals surface area contributed by atoms with Gasteiger partial charge < -0.3 is 15.3 Å². The predicted octanol–water partition coefficient (Wildman–Crippen LogP) is 3.12. The largest absolute Gasteiger partial charge is 0.481 e. The number of hydrogen-bond acceptors (Lipinski definition) is 2. The molecule has 126 valence electrons. The fourth-order valence-electron chi connectivity index (χ4n) is 3.29. The van der Waals surface area contributed by atoms with Crippen molar-refractivity contribution >= 4 is 12.0 Å². The molecule has 1 aliphatic rings. The zero-order valence-electron chi connectivity index (χ0n) is 14.3. The average Bonchev–Trinajstić information content (AvgIpc) is 2.49. The van der Waals surface area contributed by atoms with Gasteiger partial charge in [-0.1, -0.05) is 25.1 Å². The lowest BCUT2D eigenvalue weighted by molar-refractivity contribution is -0.143. The Bertz CT molecular complexity index is 600. The van der Waals surface area contributed by atoms with E-state index >= 15 is 0 Å². The SMILES string of the molecule is Cc1cccc(C(C)NC(=O)N2CC(C)CC(C(=O)O)C2)c1C. The third kappa shape index (κ3) is 4.03. The van der Waals surface area contributed by atoms with Crippen molar-refractivity contribution in [3.63, 3.8) is 0 Å². The lowest BCUT2D eigenvalue weighted by atomic mass is 9.91. The molecule has 0 aromatic heterocycles. The number of benzene rings is 1. The van der Waals surface area contributed by atoms with Gasteiger partial charge in [0.15, 0.2) is 0 Å². The number of carboxylic acid groups (broad SMARTS) is 1. The predicted molar refractivity (Wildman–Crippen MR) is 89.3 cm³/mol. The molecule has 23 heavy (non-hydrogen) atoms. The number of carbonyl (C=O) groups is 2. The van der Waals surface area contributed by atoms with Gasteiger partial charge in [-0.25, -0.2) is 4.79 Å². The number of aliphatic carboxylic acids is 1. The highest BCUT2D eigenvalue weighted by molar-refractivity contribution is 5.77. The normalized spacial score (nSPS) is 22.5. The Hall–Kier alpha value is -2.04. The molecular weight excluding hydrogens is 292 g/mol. The fraction of sp³-hybridized carbons (Fsp3) is 0.556. The van der Waals surface area contributed by atoms with Gasteiger partial charge >= 0.3 is 12.0 Å². The Morgan fingerprint density at radius 1 is 1.30 bits per heavy atom. The highest BCUT2D eigenvalue weighted by Crippen LogP contribution is 2.24. The summed E-state index contributed by atoms with van der Waals surface area (Å²) in [6.45, 7) is 8.94. The number of hydrogen-bond donors (Lipinski definition) is 2. The van der Waals surface area contributed by atoms with Gasteiger partial charge in [-0.2, -0.15) is 0 Å². The quantitative estimate of drug-likeness (QED) is 0.899. The van der Waals surface area contributed by atoms with Crippen molar-refractivity contribution in [1.29, 1.82) is 0 Å². The number of nitrogens with one attached hydrogen (secondary N) is 1. The molecule has 1 fully saturated rings. The van der Waals surface area contributed by atoms with E-state index in [4.69, 9.17) is 0 Å². The lowest BCUT2D eigenvalue weighted by Crippen LogP contribution is -2.49. The fourth-order valence-corrected chi connectivity index (χ4v) is 3.29. The summed E-state index contributed by atoms with van der Waals surface area (Å²) < 4.78 is 0. The third-order valence-corrected chi connectivity index (χ3v) is 4.75. The van der Waals surface area contributed by atoms with Gasteiger partial charge in [0.05, 0.1) is 12.0 Å². The number of urea groups is 1. The van der Waals surface area contributed by atoms with Crippen LogP contribution in [0, 0.1) is 25.7 Å². The van der Waals surface area contributed by atoms with Crippen molar-refractivity contribution in [3.8, 4) is 0 Å². The Balaban J connectivity index is 2.06. The maximum absolute atomic E-state index is 12.5. The second-order valence-corrected chi connectivity index (χ2v) is 6.74. The minimum Gasteiger partial charge on any atom is -0.481 e. The summed E-state index contributed by atoms with van der Waals surface area (Å²) in [5, 5.41) is 12.2. The maximum atomic E-state index is 12.5. The molecule has 3 unspecified atom stereocenters. The van der Waals surface area contributed by atoms with Crippen molar-refractivity contribution in [2.75, 3.05) is 13.1 Å². The van der Waals surface area contributed by atoms with Gasteiger partial charge in [0.25, 0.3) is 0 Å². The molecule has 5 nitrogen and oxygen atoms in total. The Morgan fingerprint density at radius 2 is 2.00 bits per heavy atom. The van der Waals surface area contributed by atoms with Crippen molar-refractivity contribution < 1.29 is 14.7 Å². The highest BCUT2D eigenvalue weighted by atomic mass is 16.4. The van der Waals surface area contributed by atoms with E-state index in [1.807, 2.05) is 26.0 Å². The molecule has 0 bridgehead atoms. The van der Waals surface area contributed by atoms with Crippen LogP contribution in [0.3, 0.4) is 0 Å². The van der Waals surface area contributed by atoms with Crippen LogP contribution in [0.4, 0.5) is 4.79 Å². The van der Waals surface area contributed by atoms with E-state index in [2.05, 4.69) is 25.2 Å².